The predicted octanol–water partition coefficient (Wildman–Crippen LogP) is 2.40. The van der Waals surface area contributed by atoms with Crippen molar-refractivity contribution in [3.63, 3.8) is 0 Å². The molecule has 0 radical (unpaired) electrons. The van der Waals surface area contributed by atoms with E-state index in [0.717, 1.165) is 17.9 Å². The van der Waals surface area contributed by atoms with E-state index in [9.17, 15) is 0 Å². The van der Waals surface area contributed by atoms with Crippen molar-refractivity contribution in [1.29, 1.82) is 0 Å². The molecule has 0 aromatic carbocycles. The highest BCUT2D eigenvalue weighted by Crippen LogP contribution is 2.32. The van der Waals surface area contributed by atoms with Gasteiger partial charge in [-0.05, 0) is 37.7 Å². The van der Waals surface area contributed by atoms with Gasteiger partial charge in [0.1, 0.15) is 6.26 Å². The number of rotatable bonds is 3. The molecular formula is C14H17N3O2. The van der Waals surface area contributed by atoms with Gasteiger partial charge in [-0.15, -0.1) is 0 Å². The largest absolute Gasteiger partial charge is 0.472 e. The lowest BCUT2D eigenvalue weighted by molar-refractivity contribution is 0.270. The molecule has 0 saturated carbocycles. The first kappa shape index (κ1) is 11.2. The van der Waals surface area contributed by atoms with Crippen LogP contribution in [0.2, 0.25) is 0 Å². The van der Waals surface area contributed by atoms with Gasteiger partial charge in [0.05, 0.1) is 11.8 Å². The molecule has 5 nitrogen and oxygen atoms in total. The van der Waals surface area contributed by atoms with Crippen molar-refractivity contribution >= 4 is 0 Å². The maximum Gasteiger partial charge on any atom is 0.227 e. The monoisotopic (exact) mass is 259 g/mol. The summed E-state index contributed by atoms with van der Waals surface area (Å²) in [5.41, 5.74) is 0.875. The van der Waals surface area contributed by atoms with Crippen LogP contribution in [0.1, 0.15) is 31.6 Å². The zero-order valence-electron chi connectivity index (χ0n) is 10.7. The SMILES string of the molecule is c1cc(-c2noc(CC3CC4CCC(C3)N4)n2)co1. The second-order valence-corrected chi connectivity index (χ2v) is 5.70. The molecule has 2 aliphatic heterocycles. The topological polar surface area (TPSA) is 64.1 Å². The second kappa shape index (κ2) is 4.49. The molecule has 2 saturated heterocycles. The van der Waals surface area contributed by atoms with E-state index in [1.54, 1.807) is 12.5 Å². The highest BCUT2D eigenvalue weighted by Gasteiger charge is 2.34. The fourth-order valence-electron chi connectivity index (χ4n) is 3.44. The van der Waals surface area contributed by atoms with E-state index in [0.29, 0.717) is 23.8 Å². The van der Waals surface area contributed by atoms with Crippen LogP contribution in [-0.2, 0) is 6.42 Å². The minimum Gasteiger partial charge on any atom is -0.472 e. The standard InChI is InChI=1S/C14H17N3O2/c1-2-12-6-9(5-11(1)15-12)7-13-16-14(17-19-13)10-3-4-18-8-10/h3-4,8-9,11-12,15H,1-2,5-7H2. The molecule has 2 bridgehead atoms. The molecular weight excluding hydrogens is 242 g/mol. The number of aromatic nitrogens is 2. The summed E-state index contributed by atoms with van der Waals surface area (Å²) in [6.07, 6.45) is 9.28. The van der Waals surface area contributed by atoms with Gasteiger partial charge in [0, 0.05) is 18.5 Å². The zero-order chi connectivity index (χ0) is 12.7. The van der Waals surface area contributed by atoms with Gasteiger partial charge >= 0.3 is 0 Å². The molecule has 19 heavy (non-hydrogen) atoms. The first-order valence-corrected chi connectivity index (χ1v) is 6.98. The third-order valence-corrected chi connectivity index (χ3v) is 4.28. The van der Waals surface area contributed by atoms with Crippen LogP contribution in [0.5, 0.6) is 0 Å². The van der Waals surface area contributed by atoms with Gasteiger partial charge in [0.15, 0.2) is 0 Å². The van der Waals surface area contributed by atoms with Gasteiger partial charge in [0.2, 0.25) is 11.7 Å². The lowest BCUT2D eigenvalue weighted by Crippen LogP contribution is -2.38. The Labute approximate surface area is 111 Å². The van der Waals surface area contributed by atoms with E-state index >= 15 is 0 Å². The third-order valence-electron chi connectivity index (χ3n) is 4.28. The minimum atomic E-state index is 0.626. The van der Waals surface area contributed by atoms with Gasteiger partial charge in [-0.1, -0.05) is 5.16 Å². The Morgan fingerprint density at radius 2 is 2.11 bits per heavy atom. The van der Waals surface area contributed by atoms with Crippen LogP contribution in [0.4, 0.5) is 0 Å². The van der Waals surface area contributed by atoms with Crippen molar-refractivity contribution < 1.29 is 8.94 Å². The van der Waals surface area contributed by atoms with Crippen molar-refractivity contribution in [3.8, 4) is 11.4 Å². The van der Waals surface area contributed by atoms with Gasteiger partial charge in [0.25, 0.3) is 0 Å². The Kier molecular flexibility index (Phi) is 2.65. The van der Waals surface area contributed by atoms with Crippen LogP contribution in [-0.4, -0.2) is 22.2 Å². The normalized spacial score (nSPS) is 29.8. The molecule has 5 heteroatoms. The van der Waals surface area contributed by atoms with Crippen molar-refractivity contribution in [2.75, 3.05) is 0 Å². The number of hydrogen-bond acceptors (Lipinski definition) is 5. The van der Waals surface area contributed by atoms with Gasteiger partial charge in [-0.2, -0.15) is 4.98 Å². The summed E-state index contributed by atoms with van der Waals surface area (Å²) in [6, 6.07) is 3.26. The molecule has 2 aromatic heterocycles. The van der Waals surface area contributed by atoms with Gasteiger partial charge in [-0.3, -0.25) is 0 Å². The van der Waals surface area contributed by atoms with Crippen LogP contribution in [0.3, 0.4) is 0 Å². The van der Waals surface area contributed by atoms with Crippen LogP contribution in [0.15, 0.2) is 27.5 Å². The van der Waals surface area contributed by atoms with E-state index in [1.165, 1.54) is 25.7 Å². The second-order valence-electron chi connectivity index (χ2n) is 5.70. The number of hydrogen-bond donors (Lipinski definition) is 1. The van der Waals surface area contributed by atoms with Gasteiger partial charge < -0.3 is 14.3 Å². The zero-order valence-corrected chi connectivity index (χ0v) is 10.7. The number of furan rings is 1. The first-order valence-electron chi connectivity index (χ1n) is 6.98. The van der Waals surface area contributed by atoms with E-state index in [-0.39, 0.29) is 0 Å². The Hall–Kier alpha value is -1.62. The quantitative estimate of drug-likeness (QED) is 0.917. The average Bonchev–Trinajstić information content (AvgIpc) is 3.10. The summed E-state index contributed by atoms with van der Waals surface area (Å²) < 4.78 is 10.4. The van der Waals surface area contributed by atoms with Crippen molar-refractivity contribution in [2.24, 2.45) is 5.92 Å². The van der Waals surface area contributed by atoms with Crippen LogP contribution < -0.4 is 5.32 Å². The molecule has 2 unspecified atom stereocenters. The van der Waals surface area contributed by atoms with E-state index in [1.807, 2.05) is 6.07 Å². The Balaban J connectivity index is 1.46. The molecule has 100 valence electrons. The smallest absolute Gasteiger partial charge is 0.227 e. The molecule has 2 aliphatic rings. The Bertz CT molecular complexity index is 537. The molecule has 0 amide bonds. The molecule has 2 atom stereocenters. The Morgan fingerprint density at radius 3 is 2.84 bits per heavy atom. The highest BCUT2D eigenvalue weighted by molar-refractivity contribution is 5.51. The summed E-state index contributed by atoms with van der Waals surface area (Å²) in [5, 5.41) is 7.67. The first-order chi connectivity index (χ1) is 9.37. The summed E-state index contributed by atoms with van der Waals surface area (Å²) in [7, 11) is 0. The fourth-order valence-corrected chi connectivity index (χ4v) is 3.44. The van der Waals surface area contributed by atoms with Crippen molar-refractivity contribution in [1.82, 2.24) is 15.5 Å². The maximum absolute atomic E-state index is 5.36. The summed E-state index contributed by atoms with van der Waals surface area (Å²) in [4.78, 5) is 4.46. The molecule has 0 spiro atoms. The van der Waals surface area contributed by atoms with Crippen LogP contribution >= 0.6 is 0 Å². The molecule has 0 aliphatic carbocycles. The van der Waals surface area contributed by atoms with Gasteiger partial charge in [-0.25, -0.2) is 0 Å². The summed E-state index contributed by atoms with van der Waals surface area (Å²) in [5.74, 6) is 2.06. The number of piperidine rings is 1. The summed E-state index contributed by atoms with van der Waals surface area (Å²) >= 11 is 0. The maximum atomic E-state index is 5.36. The minimum absolute atomic E-state index is 0.626. The predicted molar refractivity (Wildman–Crippen MR) is 68.4 cm³/mol. The molecule has 4 rings (SSSR count). The van der Waals surface area contributed by atoms with Crippen LogP contribution in [0.25, 0.3) is 11.4 Å². The van der Waals surface area contributed by atoms with E-state index in [2.05, 4.69) is 15.5 Å². The highest BCUT2D eigenvalue weighted by atomic mass is 16.5. The molecule has 2 fully saturated rings. The van der Waals surface area contributed by atoms with Crippen molar-refractivity contribution in [2.45, 2.75) is 44.2 Å². The number of fused-ring (bicyclic) bond motifs is 2. The average molecular weight is 259 g/mol. The molecule has 4 heterocycles. The van der Waals surface area contributed by atoms with Crippen LogP contribution in [0, 0.1) is 5.92 Å². The fraction of sp³-hybridized carbons (Fsp3) is 0.571. The lowest BCUT2D eigenvalue weighted by atomic mass is 9.90. The molecule has 1 N–H and O–H groups in total. The Morgan fingerprint density at radius 1 is 1.26 bits per heavy atom. The van der Waals surface area contributed by atoms with E-state index < -0.39 is 0 Å². The lowest BCUT2D eigenvalue weighted by Gasteiger charge is -2.27. The van der Waals surface area contributed by atoms with Crippen molar-refractivity contribution in [3.05, 3.63) is 24.5 Å². The molecule has 2 aromatic rings. The number of nitrogens with zero attached hydrogens (tertiary/aromatic N) is 2. The number of nitrogens with one attached hydrogen (secondary N) is 1. The summed E-state index contributed by atoms with van der Waals surface area (Å²) in [6.45, 7) is 0. The van der Waals surface area contributed by atoms with E-state index in [4.69, 9.17) is 8.94 Å². The third kappa shape index (κ3) is 2.18.